The van der Waals surface area contributed by atoms with Gasteiger partial charge in [-0.2, -0.15) is 0 Å². The van der Waals surface area contributed by atoms with Crippen molar-refractivity contribution in [2.45, 2.75) is 407 Å². The van der Waals surface area contributed by atoms with Gasteiger partial charge in [-0.1, -0.05) is 337 Å². The summed E-state index contributed by atoms with van der Waals surface area (Å²) in [6.07, 6.45) is 54.3. The summed E-state index contributed by atoms with van der Waals surface area (Å²) in [5.74, 6) is -0.569. The number of ether oxygens (including phenoxy) is 4. The van der Waals surface area contributed by atoms with Crippen LogP contribution in [0.5, 0.6) is 0 Å². The van der Waals surface area contributed by atoms with Crippen molar-refractivity contribution >= 4 is 39.5 Å². The number of phosphoric acid groups is 2. The molecular weight excluding hydrogens is 1230 g/mol. The first-order valence-corrected chi connectivity index (χ1v) is 42.0. The first-order chi connectivity index (χ1) is 45.4. The quantitative estimate of drug-likeness (QED) is 0.0222. The third-order valence-electron chi connectivity index (χ3n) is 17.8. The first kappa shape index (κ1) is 92.1. The van der Waals surface area contributed by atoms with Crippen LogP contribution < -0.4 is 0 Å². The normalized spacial score (nSPS) is 14.3. The molecule has 0 saturated carbocycles. The topological polar surface area (TPSA) is 237 Å². The second kappa shape index (κ2) is 66.9. The molecule has 0 aliphatic carbocycles. The van der Waals surface area contributed by atoms with E-state index in [9.17, 15) is 43.2 Å². The molecule has 558 valence electrons. The number of rotatable bonds is 74. The number of hydrogen-bond donors (Lipinski definition) is 3. The third-order valence-corrected chi connectivity index (χ3v) is 19.7. The number of hydrogen-bond acceptors (Lipinski definition) is 15. The summed E-state index contributed by atoms with van der Waals surface area (Å²) in [6.45, 7) is 9.56. The maximum Gasteiger partial charge on any atom is 0.472 e. The summed E-state index contributed by atoms with van der Waals surface area (Å²) < 4.78 is 68.4. The number of carbonyl (C=O) groups is 4. The van der Waals surface area contributed by atoms with Gasteiger partial charge < -0.3 is 33.8 Å². The van der Waals surface area contributed by atoms with E-state index in [0.29, 0.717) is 31.6 Å². The largest absolute Gasteiger partial charge is 0.472 e. The average molecular weight is 1380 g/mol. The Bertz CT molecular complexity index is 1820. The molecule has 3 N–H and O–H groups in total. The number of unbranched alkanes of at least 4 members (excludes halogenated alkanes) is 43. The van der Waals surface area contributed by atoms with Gasteiger partial charge in [-0.15, -0.1) is 0 Å². The number of carbonyl (C=O) groups excluding carboxylic acids is 4. The second-order valence-electron chi connectivity index (χ2n) is 27.8. The molecule has 3 unspecified atom stereocenters. The van der Waals surface area contributed by atoms with Gasteiger partial charge in [0, 0.05) is 25.7 Å². The summed E-state index contributed by atoms with van der Waals surface area (Å²) >= 11 is 0. The fraction of sp³-hybridized carbons (Fsp3) is 0.947. The molecule has 0 aliphatic heterocycles. The number of esters is 4. The van der Waals surface area contributed by atoms with Crippen LogP contribution in [0.2, 0.25) is 0 Å². The zero-order valence-corrected chi connectivity index (χ0v) is 63.1. The predicted molar refractivity (Wildman–Crippen MR) is 381 cm³/mol. The zero-order chi connectivity index (χ0) is 69.3. The summed E-state index contributed by atoms with van der Waals surface area (Å²) in [5, 5.41) is 10.6. The molecule has 0 saturated heterocycles. The summed E-state index contributed by atoms with van der Waals surface area (Å²) in [6, 6.07) is 0. The van der Waals surface area contributed by atoms with E-state index in [2.05, 4.69) is 41.5 Å². The van der Waals surface area contributed by atoms with Crippen molar-refractivity contribution in [3.63, 3.8) is 0 Å². The van der Waals surface area contributed by atoms with Gasteiger partial charge in [0.25, 0.3) is 0 Å². The van der Waals surface area contributed by atoms with Crippen molar-refractivity contribution in [1.29, 1.82) is 0 Å². The molecule has 0 aromatic rings. The van der Waals surface area contributed by atoms with Crippen molar-refractivity contribution in [2.75, 3.05) is 39.6 Å². The van der Waals surface area contributed by atoms with Crippen LogP contribution in [0.25, 0.3) is 0 Å². The van der Waals surface area contributed by atoms with Crippen LogP contribution in [0.4, 0.5) is 0 Å². The summed E-state index contributed by atoms with van der Waals surface area (Å²) in [7, 11) is -9.90. The Morgan fingerprint density at radius 3 is 0.809 bits per heavy atom. The van der Waals surface area contributed by atoms with E-state index in [1.165, 1.54) is 199 Å². The van der Waals surface area contributed by atoms with E-state index >= 15 is 0 Å². The van der Waals surface area contributed by atoms with E-state index in [0.717, 1.165) is 102 Å². The Balaban J connectivity index is 5.16. The van der Waals surface area contributed by atoms with Crippen molar-refractivity contribution in [2.24, 2.45) is 11.8 Å². The number of aliphatic hydroxyl groups is 1. The molecular formula is C75H146O17P2. The van der Waals surface area contributed by atoms with Gasteiger partial charge >= 0.3 is 39.5 Å². The van der Waals surface area contributed by atoms with Gasteiger partial charge in [0.15, 0.2) is 12.2 Å². The van der Waals surface area contributed by atoms with Crippen LogP contribution in [0.1, 0.15) is 388 Å². The lowest BCUT2D eigenvalue weighted by Crippen LogP contribution is -2.30. The molecule has 0 fully saturated rings. The number of aliphatic hydroxyl groups excluding tert-OH is 1. The van der Waals surface area contributed by atoms with Crippen molar-refractivity contribution in [1.82, 2.24) is 0 Å². The molecule has 19 heteroatoms. The highest BCUT2D eigenvalue weighted by Crippen LogP contribution is 2.45. The molecule has 0 spiro atoms. The molecule has 0 aromatic carbocycles. The van der Waals surface area contributed by atoms with Gasteiger partial charge in [0.1, 0.15) is 19.3 Å². The smallest absolute Gasteiger partial charge is 0.462 e. The lowest BCUT2D eigenvalue weighted by atomic mass is 9.99. The Morgan fingerprint density at radius 2 is 0.543 bits per heavy atom. The Kier molecular flexibility index (Phi) is 65.5. The zero-order valence-electron chi connectivity index (χ0n) is 61.3. The molecule has 0 amide bonds. The van der Waals surface area contributed by atoms with Crippen LogP contribution in [-0.2, 0) is 65.4 Å². The minimum absolute atomic E-state index is 0.105. The highest BCUT2D eigenvalue weighted by atomic mass is 31.2. The lowest BCUT2D eigenvalue weighted by Gasteiger charge is -2.21. The Morgan fingerprint density at radius 1 is 0.309 bits per heavy atom. The standard InChI is InChI=1S/C75H146O17P2/c1-7-10-12-14-16-18-20-27-31-35-38-45-51-57-72(77)85-63-70(91-75(80)60-54-48-40-36-32-29-26-24-22-21-23-25-28-30-33-37-44-50-56-68(6)9-3)65-89-93(81,82)87-61-69(76)62-88-94(83,84)90-66-71(64-86-73(78)58-52-46-42-41-43-49-55-67(4)5)92-74(79)59-53-47-39-34-19-17-15-13-11-8-2/h67-71,76H,7-66H2,1-6H3,(H,81,82)(H,83,84)/t68?,69-,70-,71-/m1/s1. The average Bonchev–Trinajstić information content (AvgIpc) is 1.45. The lowest BCUT2D eigenvalue weighted by molar-refractivity contribution is -0.161. The minimum Gasteiger partial charge on any atom is -0.462 e. The fourth-order valence-corrected chi connectivity index (χ4v) is 13.0. The van der Waals surface area contributed by atoms with Gasteiger partial charge in [0.2, 0.25) is 0 Å². The third kappa shape index (κ3) is 67.3. The molecule has 17 nitrogen and oxygen atoms in total. The fourth-order valence-electron chi connectivity index (χ4n) is 11.4. The molecule has 0 rings (SSSR count). The van der Waals surface area contributed by atoms with E-state index in [-0.39, 0.29) is 25.7 Å². The molecule has 0 bridgehead atoms. The van der Waals surface area contributed by atoms with Gasteiger partial charge in [-0.3, -0.25) is 37.3 Å². The van der Waals surface area contributed by atoms with E-state index in [1.807, 2.05) is 0 Å². The van der Waals surface area contributed by atoms with Crippen LogP contribution in [0, 0.1) is 11.8 Å². The van der Waals surface area contributed by atoms with E-state index in [1.54, 1.807) is 0 Å². The maximum absolute atomic E-state index is 13.1. The maximum atomic E-state index is 13.1. The predicted octanol–water partition coefficient (Wildman–Crippen LogP) is 21.9. The van der Waals surface area contributed by atoms with Crippen LogP contribution in [0.15, 0.2) is 0 Å². The monoisotopic (exact) mass is 1380 g/mol. The van der Waals surface area contributed by atoms with Crippen LogP contribution in [-0.4, -0.2) is 96.7 Å². The van der Waals surface area contributed by atoms with Crippen LogP contribution in [0.3, 0.4) is 0 Å². The van der Waals surface area contributed by atoms with E-state index in [4.69, 9.17) is 37.0 Å². The molecule has 94 heavy (non-hydrogen) atoms. The highest BCUT2D eigenvalue weighted by Gasteiger charge is 2.30. The molecule has 0 aromatic heterocycles. The molecule has 0 aliphatic rings. The van der Waals surface area contributed by atoms with Gasteiger partial charge in [-0.25, -0.2) is 9.13 Å². The van der Waals surface area contributed by atoms with Gasteiger partial charge in [-0.05, 0) is 37.5 Å². The second-order valence-corrected chi connectivity index (χ2v) is 30.7. The first-order valence-electron chi connectivity index (χ1n) is 39.0. The SMILES string of the molecule is CCCCCCCCCCCCCCCC(=O)OC[C@H](COP(=O)(O)OC[C@@H](O)COP(=O)(O)OC[C@@H](COC(=O)CCCCCCCCC(C)C)OC(=O)CCCCCCCCCCCC)OC(=O)CCCCCCCCCCCCCCCCCCCCC(C)CC. The summed E-state index contributed by atoms with van der Waals surface area (Å²) in [5.41, 5.74) is 0. The van der Waals surface area contributed by atoms with Crippen molar-refractivity contribution in [3.05, 3.63) is 0 Å². The molecule has 6 atom stereocenters. The van der Waals surface area contributed by atoms with Crippen molar-refractivity contribution in [3.8, 4) is 0 Å². The molecule has 0 radical (unpaired) electrons. The Hall–Kier alpha value is -1.94. The highest BCUT2D eigenvalue weighted by molar-refractivity contribution is 7.47. The van der Waals surface area contributed by atoms with Crippen molar-refractivity contribution < 1.29 is 80.2 Å². The van der Waals surface area contributed by atoms with Gasteiger partial charge in [0.05, 0.1) is 26.4 Å². The Labute approximate surface area is 575 Å². The molecule has 0 heterocycles. The number of phosphoric ester groups is 2. The van der Waals surface area contributed by atoms with E-state index < -0.39 is 97.5 Å². The van der Waals surface area contributed by atoms with Crippen LogP contribution >= 0.6 is 15.6 Å². The minimum atomic E-state index is -4.96. The summed E-state index contributed by atoms with van der Waals surface area (Å²) in [4.78, 5) is 72.6.